The van der Waals surface area contributed by atoms with Gasteiger partial charge in [0, 0.05) is 42.7 Å². The topological polar surface area (TPSA) is 152 Å². The van der Waals surface area contributed by atoms with Crippen LogP contribution in [-0.4, -0.2) is 76.4 Å². The zero-order chi connectivity index (χ0) is 29.1. The Bertz CT molecular complexity index is 1220. The number of methoxy groups -OCH3 is 1. The molecule has 4 N–H and O–H groups in total. The van der Waals surface area contributed by atoms with E-state index in [1.807, 2.05) is 27.7 Å². The Morgan fingerprint density at radius 2 is 1.43 bits per heavy atom. The fraction of sp³-hybridized carbons (Fsp3) is 0.600. The molecule has 0 spiro atoms. The van der Waals surface area contributed by atoms with Gasteiger partial charge in [-0.25, -0.2) is 0 Å². The van der Waals surface area contributed by atoms with Crippen LogP contribution in [0.2, 0.25) is 0 Å². The summed E-state index contributed by atoms with van der Waals surface area (Å²) < 4.78 is 23.2. The highest BCUT2D eigenvalue weighted by molar-refractivity contribution is 6.06. The van der Waals surface area contributed by atoms with Crippen LogP contribution in [0.15, 0.2) is 40.9 Å². The fourth-order valence-electron chi connectivity index (χ4n) is 6.26. The number of benzene rings is 1. The molecule has 0 aromatic heterocycles. The predicted octanol–water partition coefficient (Wildman–Crippen LogP) is 2.27. The molecule has 5 atom stereocenters. The Labute approximate surface area is 233 Å². The van der Waals surface area contributed by atoms with E-state index in [1.165, 1.54) is 7.11 Å². The van der Waals surface area contributed by atoms with Crippen molar-refractivity contribution in [3.05, 3.63) is 46.4 Å². The number of hydrogen-bond donors (Lipinski definition) is 4. The minimum absolute atomic E-state index is 0.0546. The maximum absolute atomic E-state index is 13.5. The monoisotopic (exact) mass is 558 g/mol. The van der Waals surface area contributed by atoms with E-state index < -0.39 is 43.2 Å². The van der Waals surface area contributed by atoms with E-state index in [2.05, 4.69) is 0 Å². The summed E-state index contributed by atoms with van der Waals surface area (Å²) in [7, 11) is 1.43. The van der Waals surface area contributed by atoms with Crippen molar-refractivity contribution in [3.8, 4) is 11.5 Å². The third kappa shape index (κ3) is 5.07. The Morgan fingerprint density at radius 1 is 0.850 bits per heavy atom. The van der Waals surface area contributed by atoms with Gasteiger partial charge in [0.1, 0.15) is 35.9 Å². The molecule has 10 heteroatoms. The van der Waals surface area contributed by atoms with Crippen LogP contribution in [0.3, 0.4) is 0 Å². The predicted molar refractivity (Wildman–Crippen MR) is 141 cm³/mol. The summed E-state index contributed by atoms with van der Waals surface area (Å²) in [4.78, 5) is 27.1. The Balaban J connectivity index is 1.55. The van der Waals surface area contributed by atoms with E-state index in [0.717, 1.165) is 0 Å². The molecule has 0 amide bonds. The smallest absolute Gasteiger partial charge is 0.229 e. The van der Waals surface area contributed by atoms with Crippen LogP contribution in [0.25, 0.3) is 0 Å². The zero-order valence-electron chi connectivity index (χ0n) is 23.5. The molecule has 0 saturated carbocycles. The lowest BCUT2D eigenvalue weighted by Gasteiger charge is -2.42. The average Bonchev–Trinajstić information content (AvgIpc) is 2.86. The van der Waals surface area contributed by atoms with Gasteiger partial charge in [0.15, 0.2) is 23.1 Å². The van der Waals surface area contributed by atoms with E-state index >= 15 is 0 Å². The summed E-state index contributed by atoms with van der Waals surface area (Å²) >= 11 is 0. The van der Waals surface area contributed by atoms with Crippen LogP contribution < -0.4 is 9.47 Å². The minimum atomic E-state index is -1.60. The average molecular weight is 559 g/mol. The lowest BCUT2D eigenvalue weighted by Crippen LogP contribution is -2.60. The first-order valence-corrected chi connectivity index (χ1v) is 13.6. The van der Waals surface area contributed by atoms with E-state index in [-0.39, 0.29) is 33.9 Å². The summed E-state index contributed by atoms with van der Waals surface area (Å²) in [5, 5.41) is 40.1. The molecule has 218 valence electrons. The maximum atomic E-state index is 13.5. The normalized spacial score (nSPS) is 31.9. The molecule has 5 rings (SSSR count). The number of Topliss-reactive ketones (excluding diaryl/α,β-unsaturated/α-hetero) is 2. The van der Waals surface area contributed by atoms with Crippen molar-refractivity contribution in [1.29, 1.82) is 0 Å². The molecule has 1 fully saturated rings. The van der Waals surface area contributed by atoms with Crippen LogP contribution in [0, 0.1) is 10.8 Å². The molecule has 2 heterocycles. The molecule has 0 radical (unpaired) electrons. The molecule has 1 aromatic rings. The van der Waals surface area contributed by atoms with Crippen LogP contribution in [-0.2, 0) is 19.1 Å². The Kier molecular flexibility index (Phi) is 7.37. The number of carbonyl (C=O) groups excluding carboxylic acids is 2. The van der Waals surface area contributed by atoms with Gasteiger partial charge in [0.05, 0.1) is 13.7 Å². The van der Waals surface area contributed by atoms with Gasteiger partial charge in [0.25, 0.3) is 0 Å². The highest BCUT2D eigenvalue weighted by Crippen LogP contribution is 2.53. The number of aliphatic hydroxyl groups is 4. The molecular weight excluding hydrogens is 520 g/mol. The third-order valence-electron chi connectivity index (χ3n) is 8.19. The molecule has 2 aliphatic heterocycles. The highest BCUT2D eigenvalue weighted by atomic mass is 16.7. The zero-order valence-corrected chi connectivity index (χ0v) is 23.5. The van der Waals surface area contributed by atoms with Crippen molar-refractivity contribution in [2.45, 2.75) is 90.0 Å². The SMILES string of the molecule is COc1cc(C2C3=C(CC(C)(C)CC3=O)OC3=C2C(=O)CC(C)(C)C3)ccc1O[C@@H]1OC(CO)[C@@H](O)C(O)[C@@H]1O. The number of ketones is 2. The van der Waals surface area contributed by atoms with Crippen molar-refractivity contribution in [2.24, 2.45) is 10.8 Å². The quantitative estimate of drug-likeness (QED) is 0.424. The van der Waals surface area contributed by atoms with Crippen molar-refractivity contribution < 1.29 is 49.0 Å². The van der Waals surface area contributed by atoms with Gasteiger partial charge in [0.2, 0.25) is 6.29 Å². The van der Waals surface area contributed by atoms with E-state index in [4.69, 9.17) is 18.9 Å². The number of allylic oxidation sites excluding steroid dienone is 4. The van der Waals surface area contributed by atoms with E-state index in [1.54, 1.807) is 18.2 Å². The number of rotatable bonds is 5. The van der Waals surface area contributed by atoms with Gasteiger partial charge < -0.3 is 39.4 Å². The molecule has 4 aliphatic rings. The molecule has 1 aromatic carbocycles. The molecule has 0 bridgehead atoms. The van der Waals surface area contributed by atoms with Crippen molar-refractivity contribution in [2.75, 3.05) is 13.7 Å². The lowest BCUT2D eigenvalue weighted by molar-refractivity contribution is -0.277. The van der Waals surface area contributed by atoms with E-state index in [0.29, 0.717) is 53.9 Å². The standard InChI is InChI=1S/C30H38O10/c1-29(2)9-15(32)23-19(11-29)38-20-12-30(3,4)10-16(33)24(20)22(23)14-6-7-17(18(8-14)37-5)39-28-27(36)26(35)25(34)21(13-31)40-28/h6-8,21-22,25-28,31,34-36H,9-13H2,1-5H3/t21?,25-,26?,27+,28-/m1/s1. The lowest BCUT2D eigenvalue weighted by atomic mass is 9.65. The first-order chi connectivity index (χ1) is 18.7. The van der Waals surface area contributed by atoms with Crippen molar-refractivity contribution in [3.63, 3.8) is 0 Å². The Hall–Kier alpha value is -2.76. The van der Waals surface area contributed by atoms with Crippen LogP contribution in [0.5, 0.6) is 11.5 Å². The highest BCUT2D eigenvalue weighted by Gasteiger charge is 2.48. The maximum Gasteiger partial charge on any atom is 0.229 e. The summed E-state index contributed by atoms with van der Waals surface area (Å²) in [5.74, 6) is 0.895. The Morgan fingerprint density at radius 3 is 1.95 bits per heavy atom. The molecule has 10 nitrogen and oxygen atoms in total. The molecule has 1 saturated heterocycles. The van der Waals surface area contributed by atoms with Gasteiger partial charge in [-0.15, -0.1) is 0 Å². The first kappa shape index (κ1) is 28.8. The molecule has 2 aliphatic carbocycles. The second-order valence-corrected chi connectivity index (χ2v) is 12.8. The van der Waals surface area contributed by atoms with Crippen LogP contribution >= 0.6 is 0 Å². The molecular formula is C30H38O10. The van der Waals surface area contributed by atoms with Gasteiger partial charge in [-0.3, -0.25) is 9.59 Å². The van der Waals surface area contributed by atoms with Gasteiger partial charge in [-0.2, -0.15) is 0 Å². The van der Waals surface area contributed by atoms with Crippen LogP contribution in [0.1, 0.15) is 64.9 Å². The summed E-state index contributed by atoms with van der Waals surface area (Å²) in [6.45, 7) is 7.53. The van der Waals surface area contributed by atoms with Gasteiger partial charge in [-0.1, -0.05) is 33.8 Å². The summed E-state index contributed by atoms with van der Waals surface area (Å²) in [6.07, 6.45) is -5.41. The van der Waals surface area contributed by atoms with Crippen LogP contribution in [0.4, 0.5) is 0 Å². The van der Waals surface area contributed by atoms with E-state index in [9.17, 15) is 30.0 Å². The minimum Gasteiger partial charge on any atom is -0.493 e. The second kappa shape index (κ2) is 10.3. The van der Waals surface area contributed by atoms with Gasteiger partial charge in [-0.05, 0) is 28.5 Å². The largest absolute Gasteiger partial charge is 0.493 e. The number of hydrogen-bond acceptors (Lipinski definition) is 10. The fourth-order valence-corrected chi connectivity index (χ4v) is 6.26. The third-order valence-corrected chi connectivity index (χ3v) is 8.19. The van der Waals surface area contributed by atoms with Crippen molar-refractivity contribution >= 4 is 11.6 Å². The second-order valence-electron chi connectivity index (χ2n) is 12.8. The summed E-state index contributed by atoms with van der Waals surface area (Å²) in [5.41, 5.74) is 1.11. The first-order valence-electron chi connectivity index (χ1n) is 13.6. The molecule has 2 unspecified atom stereocenters. The van der Waals surface area contributed by atoms with Gasteiger partial charge >= 0.3 is 0 Å². The number of ether oxygens (including phenoxy) is 4. The molecule has 40 heavy (non-hydrogen) atoms. The van der Waals surface area contributed by atoms with Crippen molar-refractivity contribution in [1.82, 2.24) is 0 Å². The number of aliphatic hydroxyl groups excluding tert-OH is 4. The number of carbonyl (C=O) groups is 2. The summed E-state index contributed by atoms with van der Waals surface area (Å²) in [6, 6.07) is 5.00.